The molecule has 0 saturated heterocycles. The average Bonchev–Trinajstić information content (AvgIpc) is 2.86. The summed E-state index contributed by atoms with van der Waals surface area (Å²) in [6, 6.07) is 3.95. The minimum Gasteiger partial charge on any atom is -0.382 e. The van der Waals surface area contributed by atoms with Gasteiger partial charge in [-0.15, -0.1) is 0 Å². The highest BCUT2D eigenvalue weighted by Gasteiger charge is 2.12. The molecule has 3 aromatic heterocycles. The molecule has 3 aromatic rings. The number of rotatable bonds is 1. The second kappa shape index (κ2) is 3.34. The van der Waals surface area contributed by atoms with Gasteiger partial charge in [0.25, 0.3) is 0 Å². The van der Waals surface area contributed by atoms with E-state index in [1.54, 1.807) is 4.52 Å². The Morgan fingerprint density at radius 3 is 3.06 bits per heavy atom. The first kappa shape index (κ1) is 9.41. The number of nitrogens with one attached hydrogen (secondary N) is 1. The van der Waals surface area contributed by atoms with Gasteiger partial charge in [0.1, 0.15) is 11.8 Å². The minimum atomic E-state index is 0.462. The van der Waals surface area contributed by atoms with Crippen LogP contribution in [0, 0.1) is 0 Å². The monoisotopic (exact) mass is 277 g/mol. The van der Waals surface area contributed by atoms with Gasteiger partial charge in [-0.25, -0.2) is 9.50 Å². The highest BCUT2D eigenvalue weighted by atomic mass is 79.9. The molecule has 3 heterocycles. The van der Waals surface area contributed by atoms with E-state index in [1.165, 1.54) is 6.33 Å². The molecular weight excluding hydrogens is 270 g/mol. The summed E-state index contributed by atoms with van der Waals surface area (Å²) < 4.78 is 2.66. The smallest absolute Gasteiger partial charge is 0.152 e. The molecule has 0 aromatic carbocycles. The molecule has 5 nitrogen and oxygen atoms in total. The lowest BCUT2D eigenvalue weighted by Crippen LogP contribution is -1.99. The van der Waals surface area contributed by atoms with Crippen molar-refractivity contribution in [3.05, 3.63) is 35.3 Å². The number of halogens is 1. The number of nitrogen functional groups attached to an aromatic ring is 1. The van der Waals surface area contributed by atoms with Gasteiger partial charge < -0.3 is 10.7 Å². The van der Waals surface area contributed by atoms with Gasteiger partial charge in [-0.1, -0.05) is 0 Å². The molecule has 16 heavy (non-hydrogen) atoms. The van der Waals surface area contributed by atoms with Crippen LogP contribution in [0.1, 0.15) is 0 Å². The third-order valence-corrected chi connectivity index (χ3v) is 3.03. The molecule has 0 spiro atoms. The molecule has 0 fully saturated rings. The van der Waals surface area contributed by atoms with E-state index >= 15 is 0 Å². The second-order valence-electron chi connectivity index (χ2n) is 3.38. The van der Waals surface area contributed by atoms with E-state index < -0.39 is 0 Å². The van der Waals surface area contributed by atoms with Crippen molar-refractivity contribution in [2.45, 2.75) is 0 Å². The predicted molar refractivity (Wildman–Crippen MR) is 64.9 cm³/mol. The van der Waals surface area contributed by atoms with Crippen molar-refractivity contribution >= 4 is 27.3 Å². The number of anilines is 1. The molecular formula is C10H8BrN5. The van der Waals surface area contributed by atoms with Crippen LogP contribution in [-0.4, -0.2) is 19.6 Å². The molecule has 0 bridgehead atoms. The van der Waals surface area contributed by atoms with E-state index in [4.69, 9.17) is 5.73 Å². The molecule has 3 N–H and O–H groups in total. The van der Waals surface area contributed by atoms with E-state index in [2.05, 4.69) is 31.0 Å². The molecule has 0 aliphatic carbocycles. The quantitative estimate of drug-likeness (QED) is 0.715. The summed E-state index contributed by atoms with van der Waals surface area (Å²) in [6.07, 6.45) is 5.23. The number of hydrogen-bond donors (Lipinski definition) is 2. The standard InChI is InChI=1S/C10H8BrN5/c11-7-3-8(6-1-2-13-4-6)16-9(7)10(12)14-5-15-16/h1-5,13H,(H2,12,14,15). The Morgan fingerprint density at radius 1 is 1.44 bits per heavy atom. The number of nitrogens with two attached hydrogens (primary N) is 1. The van der Waals surface area contributed by atoms with Crippen LogP contribution in [-0.2, 0) is 0 Å². The first-order valence-electron chi connectivity index (χ1n) is 4.68. The van der Waals surface area contributed by atoms with Crippen LogP contribution < -0.4 is 5.73 Å². The van der Waals surface area contributed by atoms with Crippen molar-refractivity contribution in [1.29, 1.82) is 0 Å². The summed E-state index contributed by atoms with van der Waals surface area (Å²) in [7, 11) is 0. The van der Waals surface area contributed by atoms with Gasteiger partial charge >= 0.3 is 0 Å². The number of aromatic amines is 1. The third-order valence-electron chi connectivity index (χ3n) is 2.43. The second-order valence-corrected chi connectivity index (χ2v) is 4.24. The molecule has 0 aliphatic rings. The SMILES string of the molecule is Nc1ncnn2c(-c3cc[nH]c3)cc(Br)c12. The van der Waals surface area contributed by atoms with E-state index in [-0.39, 0.29) is 0 Å². The molecule has 6 heteroatoms. The summed E-state index contributed by atoms with van der Waals surface area (Å²) in [6.45, 7) is 0. The van der Waals surface area contributed by atoms with E-state index in [0.717, 1.165) is 21.2 Å². The highest BCUT2D eigenvalue weighted by molar-refractivity contribution is 9.10. The zero-order chi connectivity index (χ0) is 11.1. The van der Waals surface area contributed by atoms with E-state index in [9.17, 15) is 0 Å². The van der Waals surface area contributed by atoms with Crippen molar-refractivity contribution in [2.75, 3.05) is 5.73 Å². The Bertz CT molecular complexity index is 641. The number of fused-ring (bicyclic) bond motifs is 1. The number of hydrogen-bond acceptors (Lipinski definition) is 3. The van der Waals surface area contributed by atoms with Crippen LogP contribution in [0.25, 0.3) is 16.8 Å². The third kappa shape index (κ3) is 1.23. The van der Waals surface area contributed by atoms with Crippen LogP contribution in [0.4, 0.5) is 5.82 Å². The van der Waals surface area contributed by atoms with Crippen molar-refractivity contribution < 1.29 is 0 Å². The maximum Gasteiger partial charge on any atom is 0.152 e. The Morgan fingerprint density at radius 2 is 2.31 bits per heavy atom. The normalized spacial score (nSPS) is 11.1. The fraction of sp³-hybridized carbons (Fsp3) is 0. The molecule has 80 valence electrons. The summed E-state index contributed by atoms with van der Waals surface area (Å²) in [4.78, 5) is 6.98. The van der Waals surface area contributed by atoms with E-state index in [1.807, 2.05) is 24.5 Å². The Kier molecular flexibility index (Phi) is 1.97. The fourth-order valence-electron chi connectivity index (χ4n) is 1.71. The van der Waals surface area contributed by atoms with Crippen molar-refractivity contribution in [2.24, 2.45) is 0 Å². The average molecular weight is 278 g/mol. The summed E-state index contributed by atoms with van der Waals surface area (Å²) in [5, 5.41) is 4.20. The van der Waals surface area contributed by atoms with Crippen LogP contribution in [0.2, 0.25) is 0 Å². The van der Waals surface area contributed by atoms with Crippen LogP contribution >= 0.6 is 15.9 Å². The minimum absolute atomic E-state index is 0.462. The van der Waals surface area contributed by atoms with Gasteiger partial charge in [-0.05, 0) is 28.1 Å². The molecule has 0 saturated carbocycles. The van der Waals surface area contributed by atoms with Crippen molar-refractivity contribution in [1.82, 2.24) is 19.6 Å². The number of nitrogens with zero attached hydrogens (tertiary/aromatic N) is 3. The van der Waals surface area contributed by atoms with Crippen molar-refractivity contribution in [3.8, 4) is 11.3 Å². The summed E-state index contributed by atoms with van der Waals surface area (Å²) in [5.41, 5.74) is 8.63. The first-order valence-corrected chi connectivity index (χ1v) is 5.47. The number of H-pyrrole nitrogens is 1. The Labute approximate surface area is 99.4 Å². The lowest BCUT2D eigenvalue weighted by Gasteiger charge is -2.00. The maximum atomic E-state index is 5.81. The highest BCUT2D eigenvalue weighted by Crippen LogP contribution is 2.30. The lowest BCUT2D eigenvalue weighted by molar-refractivity contribution is 0.913. The maximum absolute atomic E-state index is 5.81. The van der Waals surface area contributed by atoms with Crippen LogP contribution in [0.3, 0.4) is 0 Å². The Hall–Kier alpha value is -1.82. The Balaban J connectivity index is 2.40. The van der Waals surface area contributed by atoms with Crippen LogP contribution in [0.5, 0.6) is 0 Å². The van der Waals surface area contributed by atoms with Gasteiger partial charge in [0, 0.05) is 22.4 Å². The zero-order valence-electron chi connectivity index (χ0n) is 8.18. The molecule has 0 radical (unpaired) electrons. The van der Waals surface area contributed by atoms with Gasteiger partial charge in [0.2, 0.25) is 0 Å². The zero-order valence-corrected chi connectivity index (χ0v) is 9.77. The van der Waals surface area contributed by atoms with Gasteiger partial charge in [0.15, 0.2) is 5.82 Å². The van der Waals surface area contributed by atoms with Gasteiger partial charge in [-0.2, -0.15) is 5.10 Å². The molecule has 0 unspecified atom stereocenters. The van der Waals surface area contributed by atoms with Gasteiger partial charge in [0.05, 0.1) is 5.69 Å². The van der Waals surface area contributed by atoms with Gasteiger partial charge in [-0.3, -0.25) is 0 Å². The van der Waals surface area contributed by atoms with Crippen molar-refractivity contribution in [3.63, 3.8) is 0 Å². The molecule has 0 amide bonds. The first-order chi connectivity index (χ1) is 7.77. The predicted octanol–water partition coefficient (Wildman–Crippen LogP) is 2.07. The molecule has 0 aliphatic heterocycles. The number of aromatic nitrogens is 4. The summed E-state index contributed by atoms with van der Waals surface area (Å²) in [5.74, 6) is 0.462. The molecule has 3 rings (SSSR count). The summed E-state index contributed by atoms with van der Waals surface area (Å²) >= 11 is 3.46. The van der Waals surface area contributed by atoms with Crippen LogP contribution in [0.15, 0.2) is 35.3 Å². The molecule has 0 atom stereocenters. The fourth-order valence-corrected chi connectivity index (χ4v) is 2.30. The topological polar surface area (TPSA) is 72.0 Å². The van der Waals surface area contributed by atoms with E-state index in [0.29, 0.717) is 5.82 Å². The lowest BCUT2D eigenvalue weighted by atomic mass is 10.2. The largest absolute Gasteiger partial charge is 0.382 e.